The quantitative estimate of drug-likeness (QED) is 0.436. The van der Waals surface area contributed by atoms with Gasteiger partial charge in [0, 0.05) is 12.6 Å². The lowest BCUT2D eigenvalue weighted by molar-refractivity contribution is -0.142. The predicted molar refractivity (Wildman–Crippen MR) is 73.5 cm³/mol. The van der Waals surface area contributed by atoms with Gasteiger partial charge in [0.2, 0.25) is 11.8 Å². The van der Waals surface area contributed by atoms with Crippen molar-refractivity contribution in [2.45, 2.75) is 32.2 Å². The van der Waals surface area contributed by atoms with Gasteiger partial charge < -0.3 is 15.4 Å². The summed E-state index contributed by atoms with van der Waals surface area (Å²) in [5.41, 5.74) is 5.24. The predicted octanol–water partition coefficient (Wildman–Crippen LogP) is 0.528. The molecule has 0 aromatic rings. The summed E-state index contributed by atoms with van der Waals surface area (Å²) in [6.07, 6.45) is 7.77. The van der Waals surface area contributed by atoms with Gasteiger partial charge in [-0.15, -0.1) is 0 Å². The van der Waals surface area contributed by atoms with E-state index in [-0.39, 0.29) is 18.9 Å². The number of carbonyl (C=O) groups excluding carboxylic acids is 3. The number of likely N-dealkylation sites (tertiary alicyclic amines) is 1. The number of rotatable bonds is 6. The van der Waals surface area contributed by atoms with Gasteiger partial charge in [0.05, 0.1) is 6.42 Å². The molecule has 1 fully saturated rings. The molecule has 1 saturated heterocycles. The van der Waals surface area contributed by atoms with Crippen molar-refractivity contribution < 1.29 is 19.1 Å². The van der Waals surface area contributed by atoms with Crippen molar-refractivity contribution in [2.75, 3.05) is 13.2 Å². The Morgan fingerprint density at radius 2 is 2.10 bits per heavy atom. The molecular formula is C14H20N2O4. The van der Waals surface area contributed by atoms with Gasteiger partial charge in [0.25, 0.3) is 0 Å². The van der Waals surface area contributed by atoms with Crippen LogP contribution >= 0.6 is 0 Å². The normalized spacial score (nSPS) is 18.9. The molecule has 1 aliphatic heterocycles. The third kappa shape index (κ3) is 4.87. The number of hydrogen-bond acceptors (Lipinski definition) is 4. The molecule has 1 atom stereocenters. The topological polar surface area (TPSA) is 89.7 Å². The van der Waals surface area contributed by atoms with Crippen molar-refractivity contribution >= 4 is 17.8 Å². The molecule has 0 bridgehead atoms. The van der Waals surface area contributed by atoms with Crippen LogP contribution in [0.4, 0.5) is 0 Å². The highest BCUT2D eigenvalue weighted by molar-refractivity contribution is 5.87. The van der Waals surface area contributed by atoms with Crippen molar-refractivity contribution in [1.82, 2.24) is 4.90 Å². The maximum atomic E-state index is 11.9. The van der Waals surface area contributed by atoms with Gasteiger partial charge in [-0.05, 0) is 19.8 Å². The van der Waals surface area contributed by atoms with Crippen molar-refractivity contribution in [3.63, 3.8) is 0 Å². The highest BCUT2D eigenvalue weighted by atomic mass is 16.5. The van der Waals surface area contributed by atoms with Crippen LogP contribution < -0.4 is 5.73 Å². The summed E-state index contributed by atoms with van der Waals surface area (Å²) >= 11 is 0. The molecule has 2 N–H and O–H groups in total. The van der Waals surface area contributed by atoms with Gasteiger partial charge in [-0.1, -0.05) is 18.2 Å². The first-order chi connectivity index (χ1) is 9.56. The first-order valence-corrected chi connectivity index (χ1v) is 6.61. The first-order valence-electron chi connectivity index (χ1n) is 6.61. The summed E-state index contributed by atoms with van der Waals surface area (Å²) in [5, 5.41) is 0. The minimum Gasteiger partial charge on any atom is -0.462 e. The number of allylic oxidation sites excluding steroid dienone is 3. The summed E-state index contributed by atoms with van der Waals surface area (Å²) in [7, 11) is 0. The minimum absolute atomic E-state index is 0.000171. The van der Waals surface area contributed by atoms with E-state index in [2.05, 4.69) is 0 Å². The van der Waals surface area contributed by atoms with Gasteiger partial charge in [-0.25, -0.2) is 4.79 Å². The highest BCUT2D eigenvalue weighted by Crippen LogP contribution is 2.17. The van der Waals surface area contributed by atoms with Gasteiger partial charge >= 0.3 is 5.97 Å². The Labute approximate surface area is 118 Å². The maximum absolute atomic E-state index is 11.9. The van der Waals surface area contributed by atoms with Crippen LogP contribution in [0.15, 0.2) is 24.3 Å². The van der Waals surface area contributed by atoms with Crippen molar-refractivity contribution in [3.8, 4) is 0 Å². The van der Waals surface area contributed by atoms with Crippen LogP contribution in [0.3, 0.4) is 0 Å². The van der Waals surface area contributed by atoms with Crippen LogP contribution in [0.2, 0.25) is 0 Å². The van der Waals surface area contributed by atoms with Crippen LogP contribution in [0.5, 0.6) is 0 Å². The fraction of sp³-hybridized carbons (Fsp3) is 0.500. The summed E-state index contributed by atoms with van der Waals surface area (Å²) in [4.78, 5) is 35.8. The zero-order valence-electron chi connectivity index (χ0n) is 11.6. The molecule has 6 nitrogen and oxygen atoms in total. The van der Waals surface area contributed by atoms with Gasteiger partial charge in [0.1, 0.15) is 12.6 Å². The molecule has 20 heavy (non-hydrogen) atoms. The van der Waals surface area contributed by atoms with E-state index in [0.29, 0.717) is 13.0 Å². The molecule has 2 amide bonds. The standard InChI is InChI=1S/C14H20N2O4/c1-2-3-4-7-13(18)20-10-8-12(17)16-9-5-6-11(16)14(15)19/h2-4,7,11H,5-6,8-10H2,1H3,(H2,15,19). The molecular weight excluding hydrogens is 260 g/mol. The van der Waals surface area contributed by atoms with Gasteiger partial charge in [-0.2, -0.15) is 0 Å². The van der Waals surface area contributed by atoms with Crippen LogP contribution in [-0.2, 0) is 19.1 Å². The third-order valence-corrected chi connectivity index (χ3v) is 3.00. The SMILES string of the molecule is CC=CC=CC(=O)OCCC(=O)N1CCCC1C(N)=O. The lowest BCUT2D eigenvalue weighted by atomic mass is 10.2. The average Bonchev–Trinajstić information content (AvgIpc) is 2.88. The van der Waals surface area contributed by atoms with Gasteiger partial charge in [-0.3, -0.25) is 9.59 Å². The Kier molecular flexibility index (Phi) is 6.49. The molecule has 0 radical (unpaired) electrons. The molecule has 0 aromatic carbocycles. The van der Waals surface area contributed by atoms with Crippen molar-refractivity contribution in [2.24, 2.45) is 5.73 Å². The van der Waals surface area contributed by atoms with E-state index in [1.807, 2.05) is 6.92 Å². The molecule has 1 unspecified atom stereocenters. The Morgan fingerprint density at radius 3 is 2.75 bits per heavy atom. The van der Waals surface area contributed by atoms with E-state index in [1.54, 1.807) is 18.2 Å². The fourth-order valence-electron chi connectivity index (χ4n) is 2.04. The molecule has 0 aliphatic carbocycles. The number of amides is 2. The highest BCUT2D eigenvalue weighted by Gasteiger charge is 2.32. The number of esters is 1. The van der Waals surface area contributed by atoms with Crippen LogP contribution in [0.1, 0.15) is 26.2 Å². The lowest BCUT2D eigenvalue weighted by Crippen LogP contribution is -2.44. The van der Waals surface area contributed by atoms with Crippen LogP contribution in [0.25, 0.3) is 0 Å². The van der Waals surface area contributed by atoms with Crippen LogP contribution in [-0.4, -0.2) is 41.9 Å². The third-order valence-electron chi connectivity index (χ3n) is 3.00. The molecule has 1 heterocycles. The smallest absolute Gasteiger partial charge is 0.330 e. The zero-order chi connectivity index (χ0) is 15.0. The molecule has 0 aromatic heterocycles. The van der Waals surface area contributed by atoms with E-state index in [0.717, 1.165) is 6.42 Å². The second-order valence-corrected chi connectivity index (χ2v) is 4.45. The molecule has 1 rings (SSSR count). The number of nitrogens with two attached hydrogens (primary N) is 1. The lowest BCUT2D eigenvalue weighted by Gasteiger charge is -2.21. The zero-order valence-corrected chi connectivity index (χ0v) is 11.6. The summed E-state index contributed by atoms with van der Waals surface area (Å²) < 4.78 is 4.89. The average molecular weight is 280 g/mol. The number of nitrogens with zero attached hydrogens (tertiary/aromatic N) is 1. The van der Waals surface area contributed by atoms with Crippen molar-refractivity contribution in [3.05, 3.63) is 24.3 Å². The van der Waals surface area contributed by atoms with E-state index in [9.17, 15) is 14.4 Å². The Hall–Kier alpha value is -2.11. The Morgan fingerprint density at radius 1 is 1.35 bits per heavy atom. The van der Waals surface area contributed by atoms with E-state index in [1.165, 1.54) is 11.0 Å². The summed E-state index contributed by atoms with van der Waals surface area (Å²) in [6, 6.07) is -0.521. The number of ether oxygens (including phenoxy) is 1. The maximum Gasteiger partial charge on any atom is 0.330 e. The monoisotopic (exact) mass is 280 g/mol. The molecule has 6 heteroatoms. The molecule has 0 spiro atoms. The minimum atomic E-state index is -0.521. The second-order valence-electron chi connectivity index (χ2n) is 4.45. The Bertz CT molecular complexity index is 429. The van der Waals surface area contributed by atoms with Crippen molar-refractivity contribution in [1.29, 1.82) is 0 Å². The number of primary amides is 1. The molecule has 0 saturated carbocycles. The van der Waals surface area contributed by atoms with Crippen LogP contribution in [0, 0.1) is 0 Å². The summed E-state index contributed by atoms with van der Waals surface area (Å²) in [6.45, 7) is 2.36. The van der Waals surface area contributed by atoms with E-state index < -0.39 is 17.9 Å². The fourth-order valence-corrected chi connectivity index (χ4v) is 2.04. The van der Waals surface area contributed by atoms with E-state index >= 15 is 0 Å². The number of carbonyl (C=O) groups is 3. The Balaban J connectivity index is 2.33. The summed E-state index contributed by atoms with van der Waals surface area (Å²) in [5.74, 6) is -1.19. The van der Waals surface area contributed by atoms with Gasteiger partial charge in [0.15, 0.2) is 0 Å². The number of hydrogen-bond donors (Lipinski definition) is 1. The molecule has 1 aliphatic rings. The first kappa shape index (κ1) is 15.9. The van der Waals surface area contributed by atoms with E-state index in [4.69, 9.17) is 10.5 Å². The second kappa shape index (κ2) is 8.14. The largest absolute Gasteiger partial charge is 0.462 e. The molecule has 110 valence electrons.